The zero-order valence-corrected chi connectivity index (χ0v) is 9.69. The first-order chi connectivity index (χ1) is 8.15. The van der Waals surface area contributed by atoms with E-state index in [1.165, 1.54) is 0 Å². The highest BCUT2D eigenvalue weighted by atomic mass is 16.4. The van der Waals surface area contributed by atoms with Crippen LogP contribution in [0, 0.1) is 5.92 Å². The summed E-state index contributed by atoms with van der Waals surface area (Å²) >= 11 is 0. The van der Waals surface area contributed by atoms with Gasteiger partial charge in [0.25, 0.3) is 0 Å². The van der Waals surface area contributed by atoms with Gasteiger partial charge in [-0.1, -0.05) is 24.3 Å². The predicted octanol–water partition coefficient (Wildman–Crippen LogP) is 2.23. The molecule has 3 nitrogen and oxygen atoms in total. The second-order valence-corrected chi connectivity index (χ2v) is 4.65. The molecular formula is C14H16O3. The Balaban J connectivity index is 1.98. The minimum Gasteiger partial charge on any atom is -0.481 e. The fraction of sp³-hybridized carbons (Fsp3) is 0.429. The van der Waals surface area contributed by atoms with Crippen molar-refractivity contribution in [2.24, 2.45) is 5.92 Å². The van der Waals surface area contributed by atoms with Crippen molar-refractivity contribution in [3.05, 3.63) is 35.4 Å². The summed E-state index contributed by atoms with van der Waals surface area (Å²) in [5, 5.41) is 8.66. The number of rotatable bonds is 4. The first-order valence-electron chi connectivity index (χ1n) is 5.97. The number of carboxylic acids is 1. The molecule has 1 saturated carbocycles. The summed E-state index contributed by atoms with van der Waals surface area (Å²) in [5.74, 6) is -0.261. The number of Topliss-reactive ketones (excluding diaryl/α,β-unsaturated/α-hetero) is 1. The minimum absolute atomic E-state index is 0.0582. The van der Waals surface area contributed by atoms with Crippen LogP contribution in [0.1, 0.15) is 30.4 Å². The summed E-state index contributed by atoms with van der Waals surface area (Å²) < 4.78 is 0. The highest BCUT2D eigenvalue weighted by Crippen LogP contribution is 2.25. The fourth-order valence-electron chi connectivity index (χ4n) is 2.36. The summed E-state index contributed by atoms with van der Waals surface area (Å²) in [7, 11) is 0. The summed E-state index contributed by atoms with van der Waals surface area (Å²) in [6, 6.07) is 7.54. The van der Waals surface area contributed by atoms with E-state index in [-0.39, 0.29) is 12.3 Å². The molecule has 1 aromatic rings. The minimum atomic E-state index is -0.816. The molecule has 0 aliphatic heterocycles. The second-order valence-electron chi connectivity index (χ2n) is 4.65. The van der Waals surface area contributed by atoms with Gasteiger partial charge in [-0.2, -0.15) is 0 Å². The van der Waals surface area contributed by atoms with E-state index in [4.69, 9.17) is 5.11 Å². The summed E-state index contributed by atoms with van der Waals surface area (Å²) in [4.78, 5) is 22.0. The Kier molecular flexibility index (Phi) is 3.57. The Labute approximate surface area is 100 Å². The molecule has 0 spiro atoms. The topological polar surface area (TPSA) is 54.4 Å². The first kappa shape index (κ1) is 11.8. The third kappa shape index (κ3) is 3.16. The number of aliphatic carboxylic acids is 1. The lowest BCUT2D eigenvalue weighted by molar-refractivity contribution is -0.136. The van der Waals surface area contributed by atoms with Gasteiger partial charge in [-0.25, -0.2) is 0 Å². The largest absolute Gasteiger partial charge is 0.481 e. The molecule has 0 unspecified atom stereocenters. The van der Waals surface area contributed by atoms with E-state index in [1.807, 2.05) is 24.3 Å². The van der Waals surface area contributed by atoms with E-state index >= 15 is 0 Å². The van der Waals surface area contributed by atoms with Crippen molar-refractivity contribution in [3.8, 4) is 0 Å². The maximum atomic E-state index is 11.5. The van der Waals surface area contributed by atoms with E-state index < -0.39 is 5.97 Å². The van der Waals surface area contributed by atoms with E-state index in [1.54, 1.807) is 0 Å². The van der Waals surface area contributed by atoms with E-state index in [9.17, 15) is 9.59 Å². The number of hydrogen-bond donors (Lipinski definition) is 1. The molecule has 17 heavy (non-hydrogen) atoms. The van der Waals surface area contributed by atoms with Crippen LogP contribution in [0.5, 0.6) is 0 Å². The molecule has 0 bridgehead atoms. The van der Waals surface area contributed by atoms with Crippen molar-refractivity contribution in [1.29, 1.82) is 0 Å². The number of carboxylic acid groups (broad SMARTS) is 1. The lowest BCUT2D eigenvalue weighted by Crippen LogP contribution is -2.09. The van der Waals surface area contributed by atoms with Crippen LogP contribution in [0.15, 0.2) is 24.3 Å². The van der Waals surface area contributed by atoms with Gasteiger partial charge in [-0.15, -0.1) is 0 Å². The van der Waals surface area contributed by atoms with Crippen molar-refractivity contribution in [2.45, 2.75) is 32.1 Å². The third-order valence-corrected chi connectivity index (χ3v) is 3.29. The maximum absolute atomic E-state index is 11.5. The molecule has 1 fully saturated rings. The van der Waals surface area contributed by atoms with Crippen LogP contribution >= 0.6 is 0 Å². The van der Waals surface area contributed by atoms with Crippen LogP contribution in [-0.4, -0.2) is 16.9 Å². The quantitative estimate of drug-likeness (QED) is 0.866. The van der Waals surface area contributed by atoms with Gasteiger partial charge in [0, 0.05) is 12.3 Å². The number of hydrogen-bond acceptors (Lipinski definition) is 2. The van der Waals surface area contributed by atoms with Crippen LogP contribution in [0.2, 0.25) is 0 Å². The van der Waals surface area contributed by atoms with Gasteiger partial charge in [-0.05, 0) is 30.4 Å². The number of benzene rings is 1. The summed E-state index contributed by atoms with van der Waals surface area (Å²) in [6.45, 7) is 0. The van der Waals surface area contributed by atoms with Gasteiger partial charge in [0.1, 0.15) is 5.78 Å². The van der Waals surface area contributed by atoms with Gasteiger partial charge in [0.2, 0.25) is 0 Å². The Morgan fingerprint density at radius 2 is 1.88 bits per heavy atom. The van der Waals surface area contributed by atoms with E-state index in [0.29, 0.717) is 5.78 Å². The molecule has 1 aromatic carbocycles. The molecule has 1 aliphatic carbocycles. The third-order valence-electron chi connectivity index (χ3n) is 3.29. The Bertz CT molecular complexity index is 420. The van der Waals surface area contributed by atoms with Crippen LogP contribution in [0.3, 0.4) is 0 Å². The van der Waals surface area contributed by atoms with Gasteiger partial charge >= 0.3 is 5.97 Å². The Morgan fingerprint density at radius 1 is 1.24 bits per heavy atom. The molecule has 0 aromatic heterocycles. The molecule has 1 N–H and O–H groups in total. The highest BCUT2D eigenvalue weighted by molar-refractivity contribution is 5.83. The molecule has 0 radical (unpaired) electrons. The summed E-state index contributed by atoms with van der Waals surface area (Å²) in [6.07, 6.45) is 3.59. The zero-order valence-electron chi connectivity index (χ0n) is 9.69. The fourth-order valence-corrected chi connectivity index (χ4v) is 2.36. The number of ketones is 1. The highest BCUT2D eigenvalue weighted by Gasteiger charge is 2.24. The SMILES string of the molecule is O=C(O)Cc1ccc(C[C@H]2CCCC2=O)cc1. The average molecular weight is 232 g/mol. The van der Waals surface area contributed by atoms with Crippen LogP contribution in [0.4, 0.5) is 0 Å². The molecule has 3 heteroatoms. The smallest absolute Gasteiger partial charge is 0.307 e. The van der Waals surface area contributed by atoms with Crippen LogP contribution in [0.25, 0.3) is 0 Å². The van der Waals surface area contributed by atoms with Crippen molar-refractivity contribution in [2.75, 3.05) is 0 Å². The maximum Gasteiger partial charge on any atom is 0.307 e. The number of carbonyl (C=O) groups excluding carboxylic acids is 1. The normalized spacial score (nSPS) is 19.5. The van der Waals surface area contributed by atoms with Gasteiger partial charge in [0.05, 0.1) is 6.42 Å². The Hall–Kier alpha value is -1.64. The van der Waals surface area contributed by atoms with E-state index in [2.05, 4.69) is 0 Å². The molecular weight excluding hydrogens is 216 g/mol. The monoisotopic (exact) mass is 232 g/mol. The standard InChI is InChI=1S/C14H16O3/c15-13-3-1-2-12(13)8-10-4-6-11(7-5-10)9-14(16)17/h4-7,12H,1-3,8-9H2,(H,16,17)/t12-/m1/s1. The van der Waals surface area contributed by atoms with Crippen molar-refractivity contribution >= 4 is 11.8 Å². The van der Waals surface area contributed by atoms with E-state index in [0.717, 1.165) is 36.8 Å². The predicted molar refractivity (Wildman–Crippen MR) is 63.8 cm³/mol. The molecule has 0 amide bonds. The van der Waals surface area contributed by atoms with Gasteiger partial charge in [0.15, 0.2) is 0 Å². The van der Waals surface area contributed by atoms with Crippen molar-refractivity contribution in [3.63, 3.8) is 0 Å². The molecule has 1 aliphatic rings. The second kappa shape index (κ2) is 5.13. The van der Waals surface area contributed by atoms with Gasteiger partial charge < -0.3 is 5.11 Å². The molecule has 0 saturated heterocycles. The molecule has 0 heterocycles. The Morgan fingerprint density at radius 3 is 2.41 bits per heavy atom. The summed E-state index contributed by atoms with van der Waals surface area (Å²) in [5.41, 5.74) is 1.93. The van der Waals surface area contributed by atoms with Crippen LogP contribution < -0.4 is 0 Å². The lowest BCUT2D eigenvalue weighted by Gasteiger charge is -2.08. The lowest BCUT2D eigenvalue weighted by atomic mass is 9.96. The average Bonchev–Trinajstić information content (AvgIpc) is 2.67. The van der Waals surface area contributed by atoms with Crippen molar-refractivity contribution < 1.29 is 14.7 Å². The van der Waals surface area contributed by atoms with Crippen LogP contribution in [-0.2, 0) is 22.4 Å². The van der Waals surface area contributed by atoms with Gasteiger partial charge in [-0.3, -0.25) is 9.59 Å². The van der Waals surface area contributed by atoms with Crippen molar-refractivity contribution in [1.82, 2.24) is 0 Å². The zero-order chi connectivity index (χ0) is 12.3. The first-order valence-corrected chi connectivity index (χ1v) is 5.97. The number of carbonyl (C=O) groups is 2. The molecule has 1 atom stereocenters. The molecule has 2 rings (SSSR count). The molecule has 90 valence electrons.